The fraction of sp³-hybridized carbons (Fsp3) is 0.583. The molecular weight excluding hydrogens is 234 g/mol. The summed E-state index contributed by atoms with van der Waals surface area (Å²) in [5.41, 5.74) is 6.42. The van der Waals surface area contributed by atoms with Gasteiger partial charge in [-0.3, -0.25) is 0 Å². The summed E-state index contributed by atoms with van der Waals surface area (Å²) in [6, 6.07) is 4.40. The molecule has 0 aromatic carbocycles. The van der Waals surface area contributed by atoms with Crippen molar-refractivity contribution in [1.29, 1.82) is 0 Å². The fourth-order valence-electron chi connectivity index (χ4n) is 1.90. The SMILES string of the molecule is CCOc1nc(N(C)C2CCSC2)ccc1N. The van der Waals surface area contributed by atoms with Crippen LogP contribution in [0.15, 0.2) is 12.1 Å². The number of thioether (sulfide) groups is 1. The molecule has 0 amide bonds. The Morgan fingerprint density at radius 2 is 2.41 bits per heavy atom. The van der Waals surface area contributed by atoms with Crippen LogP contribution in [-0.2, 0) is 0 Å². The van der Waals surface area contributed by atoms with Gasteiger partial charge in [0.1, 0.15) is 5.82 Å². The van der Waals surface area contributed by atoms with E-state index in [-0.39, 0.29) is 0 Å². The van der Waals surface area contributed by atoms with Crippen LogP contribution in [-0.4, -0.2) is 36.2 Å². The predicted molar refractivity (Wildman–Crippen MR) is 74.0 cm³/mol. The highest BCUT2D eigenvalue weighted by atomic mass is 32.2. The minimum absolute atomic E-state index is 0.544. The van der Waals surface area contributed by atoms with Gasteiger partial charge in [-0.1, -0.05) is 0 Å². The Balaban J connectivity index is 2.16. The van der Waals surface area contributed by atoms with Crippen molar-refractivity contribution in [1.82, 2.24) is 4.98 Å². The lowest BCUT2D eigenvalue weighted by Gasteiger charge is -2.25. The minimum Gasteiger partial charge on any atom is -0.476 e. The van der Waals surface area contributed by atoms with Crippen LogP contribution in [0.3, 0.4) is 0 Å². The van der Waals surface area contributed by atoms with Crippen molar-refractivity contribution >= 4 is 23.3 Å². The fourth-order valence-corrected chi connectivity index (χ4v) is 3.17. The van der Waals surface area contributed by atoms with E-state index in [2.05, 4.69) is 16.9 Å². The third-order valence-electron chi connectivity index (χ3n) is 2.97. The van der Waals surface area contributed by atoms with Crippen LogP contribution >= 0.6 is 11.8 Å². The van der Waals surface area contributed by atoms with Crippen LogP contribution < -0.4 is 15.4 Å². The molecular formula is C12H19N3OS. The summed E-state index contributed by atoms with van der Waals surface area (Å²) in [4.78, 5) is 6.70. The molecule has 1 aliphatic heterocycles. The van der Waals surface area contributed by atoms with Gasteiger partial charge in [-0.15, -0.1) is 0 Å². The smallest absolute Gasteiger partial charge is 0.239 e. The second-order valence-corrected chi connectivity index (χ2v) is 5.27. The summed E-state index contributed by atoms with van der Waals surface area (Å²) in [5.74, 6) is 3.90. The largest absolute Gasteiger partial charge is 0.476 e. The molecule has 0 bridgehead atoms. The van der Waals surface area contributed by atoms with Crippen molar-refractivity contribution in [3.05, 3.63) is 12.1 Å². The maximum atomic E-state index is 5.82. The summed E-state index contributed by atoms with van der Waals surface area (Å²) in [6.07, 6.45) is 1.22. The Kier molecular flexibility index (Phi) is 3.99. The van der Waals surface area contributed by atoms with Crippen molar-refractivity contribution in [3.8, 4) is 5.88 Å². The van der Waals surface area contributed by atoms with Crippen LogP contribution in [0.25, 0.3) is 0 Å². The lowest BCUT2D eigenvalue weighted by atomic mass is 10.2. The Hall–Kier alpha value is -1.10. The molecule has 0 saturated carbocycles. The van der Waals surface area contributed by atoms with Gasteiger partial charge in [0.15, 0.2) is 0 Å². The molecule has 0 radical (unpaired) electrons. The predicted octanol–water partition coefficient (Wildman–Crippen LogP) is 2.00. The number of ether oxygens (including phenoxy) is 1. The maximum Gasteiger partial charge on any atom is 0.239 e. The Bertz CT molecular complexity index is 380. The molecule has 1 fully saturated rings. The van der Waals surface area contributed by atoms with E-state index in [1.54, 1.807) is 0 Å². The molecule has 0 aliphatic carbocycles. The molecule has 1 aromatic rings. The molecule has 2 rings (SSSR count). The van der Waals surface area contributed by atoms with Gasteiger partial charge in [0.25, 0.3) is 0 Å². The zero-order valence-electron chi connectivity index (χ0n) is 10.3. The molecule has 4 nitrogen and oxygen atoms in total. The molecule has 1 aromatic heterocycles. The topological polar surface area (TPSA) is 51.4 Å². The highest BCUT2D eigenvalue weighted by Crippen LogP contribution is 2.28. The highest BCUT2D eigenvalue weighted by molar-refractivity contribution is 7.99. The molecule has 94 valence electrons. The summed E-state index contributed by atoms with van der Waals surface area (Å²) in [7, 11) is 2.09. The molecule has 5 heteroatoms. The zero-order chi connectivity index (χ0) is 12.3. The third-order valence-corrected chi connectivity index (χ3v) is 4.12. The van der Waals surface area contributed by atoms with Gasteiger partial charge in [-0.25, -0.2) is 0 Å². The van der Waals surface area contributed by atoms with Crippen LogP contribution in [0, 0.1) is 0 Å². The van der Waals surface area contributed by atoms with Crippen LogP contribution in [0.2, 0.25) is 0 Å². The van der Waals surface area contributed by atoms with Crippen molar-refractivity contribution in [2.75, 3.05) is 35.8 Å². The quantitative estimate of drug-likeness (QED) is 0.889. The van der Waals surface area contributed by atoms with E-state index in [4.69, 9.17) is 10.5 Å². The minimum atomic E-state index is 0.544. The van der Waals surface area contributed by atoms with Crippen molar-refractivity contribution in [2.24, 2.45) is 0 Å². The normalized spacial score (nSPS) is 19.3. The Labute approximate surface area is 107 Å². The number of nitrogens with two attached hydrogens (primary N) is 1. The number of nitrogen functional groups attached to an aromatic ring is 1. The van der Waals surface area contributed by atoms with Crippen molar-refractivity contribution in [3.63, 3.8) is 0 Å². The molecule has 1 unspecified atom stereocenters. The summed E-state index contributed by atoms with van der Waals surface area (Å²) < 4.78 is 5.42. The van der Waals surface area contributed by atoms with Crippen LogP contribution in [0.1, 0.15) is 13.3 Å². The van der Waals surface area contributed by atoms with Crippen molar-refractivity contribution in [2.45, 2.75) is 19.4 Å². The number of anilines is 2. The summed E-state index contributed by atoms with van der Waals surface area (Å²) in [6.45, 7) is 2.52. The Morgan fingerprint density at radius 3 is 3.06 bits per heavy atom. The van der Waals surface area contributed by atoms with E-state index in [0.29, 0.717) is 24.2 Å². The number of hydrogen-bond donors (Lipinski definition) is 1. The molecule has 2 heterocycles. The molecule has 2 N–H and O–H groups in total. The summed E-state index contributed by atoms with van der Waals surface area (Å²) >= 11 is 2.00. The molecule has 1 aliphatic rings. The lowest BCUT2D eigenvalue weighted by Crippen LogP contribution is -2.32. The molecule has 0 spiro atoms. The molecule has 1 saturated heterocycles. The second-order valence-electron chi connectivity index (χ2n) is 4.13. The van der Waals surface area contributed by atoms with E-state index in [1.165, 1.54) is 17.9 Å². The maximum absolute atomic E-state index is 5.82. The Morgan fingerprint density at radius 1 is 1.59 bits per heavy atom. The monoisotopic (exact) mass is 253 g/mol. The van der Waals surface area contributed by atoms with Gasteiger partial charge in [-0.2, -0.15) is 16.7 Å². The van der Waals surface area contributed by atoms with E-state index in [1.807, 2.05) is 30.8 Å². The highest BCUT2D eigenvalue weighted by Gasteiger charge is 2.21. The van der Waals surface area contributed by atoms with E-state index >= 15 is 0 Å². The van der Waals surface area contributed by atoms with Crippen LogP contribution in [0.5, 0.6) is 5.88 Å². The first-order valence-corrected chi connectivity index (χ1v) is 7.07. The van der Waals surface area contributed by atoms with E-state index in [9.17, 15) is 0 Å². The number of rotatable bonds is 4. The van der Waals surface area contributed by atoms with Gasteiger partial charge < -0.3 is 15.4 Å². The first-order chi connectivity index (χ1) is 8.22. The first-order valence-electron chi connectivity index (χ1n) is 5.92. The lowest BCUT2D eigenvalue weighted by molar-refractivity contribution is 0.329. The average Bonchev–Trinajstić information content (AvgIpc) is 2.85. The number of aromatic nitrogens is 1. The molecule has 1 atom stereocenters. The van der Waals surface area contributed by atoms with Gasteiger partial charge in [0.05, 0.1) is 12.3 Å². The number of hydrogen-bond acceptors (Lipinski definition) is 5. The van der Waals surface area contributed by atoms with Gasteiger partial charge in [0.2, 0.25) is 5.88 Å². The summed E-state index contributed by atoms with van der Waals surface area (Å²) in [5, 5.41) is 0. The standard InChI is InChI=1S/C12H19N3OS/c1-3-16-12-10(13)4-5-11(14-12)15(2)9-6-7-17-8-9/h4-5,9H,3,6-8,13H2,1-2H3. The molecule has 17 heavy (non-hydrogen) atoms. The van der Waals surface area contributed by atoms with Gasteiger partial charge in [0, 0.05) is 18.8 Å². The second kappa shape index (κ2) is 5.49. The number of pyridine rings is 1. The average molecular weight is 253 g/mol. The third kappa shape index (κ3) is 2.77. The van der Waals surface area contributed by atoms with E-state index in [0.717, 1.165) is 5.82 Å². The van der Waals surface area contributed by atoms with Crippen molar-refractivity contribution < 1.29 is 4.74 Å². The van der Waals surface area contributed by atoms with E-state index < -0.39 is 0 Å². The van der Waals surface area contributed by atoms with Gasteiger partial charge in [-0.05, 0) is 31.2 Å². The van der Waals surface area contributed by atoms with Gasteiger partial charge >= 0.3 is 0 Å². The first kappa shape index (κ1) is 12.4. The zero-order valence-corrected chi connectivity index (χ0v) is 11.2. The number of nitrogens with zero attached hydrogens (tertiary/aromatic N) is 2. The van der Waals surface area contributed by atoms with Crippen LogP contribution in [0.4, 0.5) is 11.5 Å².